The summed E-state index contributed by atoms with van der Waals surface area (Å²) < 4.78 is 7.49. The molecule has 11 rings (SSSR count). The summed E-state index contributed by atoms with van der Waals surface area (Å²) in [4.78, 5) is 0. The van der Waals surface area contributed by atoms with Gasteiger partial charge in [-0.25, -0.2) is 0 Å². The number of rotatable bonds is 4. The maximum absolute atomic E-state index is 2.45. The number of nitrogens with zero attached hydrogens (tertiary/aromatic N) is 2. The highest BCUT2D eigenvalue weighted by Crippen LogP contribution is 2.42. The predicted octanol–water partition coefficient (Wildman–Crippen LogP) is 13.6. The van der Waals surface area contributed by atoms with E-state index in [1.54, 1.807) is 0 Å². The van der Waals surface area contributed by atoms with Crippen LogP contribution in [-0.4, -0.2) is 9.13 Å². The molecule has 2 nitrogen and oxygen atoms in total. The van der Waals surface area contributed by atoms with Crippen LogP contribution in [0, 0.1) is 0 Å². The third-order valence-corrected chi connectivity index (χ3v) is 11.7. The van der Waals surface area contributed by atoms with E-state index in [1.807, 2.05) is 11.3 Å². The quantitative estimate of drug-likeness (QED) is 0.177. The summed E-state index contributed by atoms with van der Waals surface area (Å²) >= 11 is 1.88. The molecule has 238 valence electrons. The van der Waals surface area contributed by atoms with Gasteiger partial charge in [-0.15, -0.1) is 11.3 Å². The van der Waals surface area contributed by atoms with Crippen LogP contribution in [0.15, 0.2) is 182 Å². The van der Waals surface area contributed by atoms with Gasteiger partial charge in [0.25, 0.3) is 0 Å². The normalized spacial score (nSPS) is 11.9. The van der Waals surface area contributed by atoms with Gasteiger partial charge in [0.05, 0.1) is 22.1 Å². The summed E-state index contributed by atoms with van der Waals surface area (Å²) in [7, 11) is 0. The van der Waals surface area contributed by atoms with Crippen LogP contribution in [0.4, 0.5) is 0 Å². The molecule has 0 aliphatic carbocycles. The van der Waals surface area contributed by atoms with E-state index in [9.17, 15) is 0 Å². The second-order valence-electron chi connectivity index (χ2n) is 13.3. The first kappa shape index (κ1) is 28.4. The van der Waals surface area contributed by atoms with Crippen molar-refractivity contribution >= 4 is 75.1 Å². The van der Waals surface area contributed by atoms with Crippen molar-refractivity contribution in [3.8, 4) is 33.6 Å². The number of hydrogen-bond donors (Lipinski definition) is 0. The van der Waals surface area contributed by atoms with Crippen molar-refractivity contribution in [1.82, 2.24) is 9.13 Å². The highest BCUT2D eigenvalue weighted by Gasteiger charge is 2.17. The van der Waals surface area contributed by atoms with E-state index in [1.165, 1.54) is 91.7 Å². The first-order valence-corrected chi connectivity index (χ1v) is 18.3. The van der Waals surface area contributed by atoms with E-state index in [4.69, 9.17) is 0 Å². The number of fused-ring (bicyclic) bond motifs is 9. The summed E-state index contributed by atoms with van der Waals surface area (Å²) in [5.41, 5.74) is 12.1. The van der Waals surface area contributed by atoms with Crippen LogP contribution < -0.4 is 0 Å². The van der Waals surface area contributed by atoms with Gasteiger partial charge in [-0.1, -0.05) is 121 Å². The Hall–Kier alpha value is -6.42. The van der Waals surface area contributed by atoms with Gasteiger partial charge in [0.1, 0.15) is 0 Å². The van der Waals surface area contributed by atoms with Crippen molar-refractivity contribution < 1.29 is 0 Å². The molecule has 51 heavy (non-hydrogen) atoms. The largest absolute Gasteiger partial charge is 0.309 e. The Bertz CT molecular complexity index is 3140. The zero-order chi connectivity index (χ0) is 33.5. The Morgan fingerprint density at radius 2 is 0.902 bits per heavy atom. The predicted molar refractivity (Wildman–Crippen MR) is 219 cm³/mol. The summed E-state index contributed by atoms with van der Waals surface area (Å²) in [5, 5.41) is 7.69. The lowest BCUT2D eigenvalue weighted by molar-refractivity contribution is 1.18. The van der Waals surface area contributed by atoms with Crippen molar-refractivity contribution in [2.45, 2.75) is 0 Å². The topological polar surface area (TPSA) is 9.86 Å². The SMILES string of the molecule is c1ccc(-n2c3ccccc3c3cc(-c4ccc5c6ccccc6n(-c6cccc(-c7cccc8c7sc7ccccc78)c6)c5c4)ccc32)cc1. The van der Waals surface area contributed by atoms with E-state index >= 15 is 0 Å². The monoisotopic (exact) mass is 666 g/mol. The summed E-state index contributed by atoms with van der Waals surface area (Å²) in [6, 6.07) is 66.7. The van der Waals surface area contributed by atoms with E-state index < -0.39 is 0 Å². The number of thiophene rings is 1. The highest BCUT2D eigenvalue weighted by atomic mass is 32.1. The fourth-order valence-corrected chi connectivity index (χ4v) is 9.46. The van der Waals surface area contributed by atoms with E-state index in [0.717, 1.165) is 5.69 Å². The van der Waals surface area contributed by atoms with E-state index in [2.05, 4.69) is 191 Å². The maximum Gasteiger partial charge on any atom is 0.0547 e. The van der Waals surface area contributed by atoms with Crippen molar-refractivity contribution in [3.63, 3.8) is 0 Å². The van der Waals surface area contributed by atoms with Gasteiger partial charge in [-0.3, -0.25) is 0 Å². The number of aromatic nitrogens is 2. The smallest absolute Gasteiger partial charge is 0.0547 e. The van der Waals surface area contributed by atoms with Crippen LogP contribution >= 0.6 is 11.3 Å². The molecule has 0 saturated heterocycles. The molecule has 0 atom stereocenters. The van der Waals surface area contributed by atoms with Crippen molar-refractivity contribution in [1.29, 1.82) is 0 Å². The number of benzene rings is 8. The van der Waals surface area contributed by atoms with Crippen LogP contribution in [0.25, 0.3) is 97.4 Å². The van der Waals surface area contributed by atoms with Gasteiger partial charge >= 0.3 is 0 Å². The highest BCUT2D eigenvalue weighted by molar-refractivity contribution is 7.26. The lowest BCUT2D eigenvalue weighted by Crippen LogP contribution is -1.95. The molecule has 3 heteroatoms. The number of hydrogen-bond acceptors (Lipinski definition) is 1. The lowest BCUT2D eigenvalue weighted by atomic mass is 10.0. The number of para-hydroxylation sites is 3. The Labute approximate surface area is 298 Å². The van der Waals surface area contributed by atoms with Gasteiger partial charge in [-0.05, 0) is 82.9 Å². The second-order valence-corrected chi connectivity index (χ2v) is 14.4. The molecule has 0 bridgehead atoms. The minimum Gasteiger partial charge on any atom is -0.309 e. The first-order valence-electron chi connectivity index (χ1n) is 17.4. The molecule has 0 amide bonds. The fraction of sp³-hybridized carbons (Fsp3) is 0. The van der Waals surface area contributed by atoms with Crippen molar-refractivity contribution in [3.05, 3.63) is 182 Å². The molecule has 8 aromatic carbocycles. The molecular weight excluding hydrogens is 637 g/mol. The van der Waals surface area contributed by atoms with Gasteiger partial charge in [0.2, 0.25) is 0 Å². The van der Waals surface area contributed by atoms with Gasteiger partial charge in [-0.2, -0.15) is 0 Å². The third kappa shape index (κ3) is 4.29. The second kappa shape index (κ2) is 11.0. The molecule has 0 unspecified atom stereocenters. The molecule has 0 spiro atoms. The lowest BCUT2D eigenvalue weighted by Gasteiger charge is -2.12. The Kier molecular flexibility index (Phi) is 6.16. The van der Waals surface area contributed by atoms with Crippen LogP contribution in [-0.2, 0) is 0 Å². The molecule has 11 aromatic rings. The molecule has 3 aromatic heterocycles. The molecule has 0 N–H and O–H groups in total. The van der Waals surface area contributed by atoms with Crippen LogP contribution in [0.5, 0.6) is 0 Å². The Balaban J connectivity index is 1.10. The summed E-state index contributed by atoms with van der Waals surface area (Å²) in [6.07, 6.45) is 0. The zero-order valence-corrected chi connectivity index (χ0v) is 28.4. The van der Waals surface area contributed by atoms with Gasteiger partial charge in [0.15, 0.2) is 0 Å². The third-order valence-electron chi connectivity index (χ3n) is 10.5. The van der Waals surface area contributed by atoms with E-state index in [0.29, 0.717) is 0 Å². The summed E-state index contributed by atoms with van der Waals surface area (Å²) in [6.45, 7) is 0. The van der Waals surface area contributed by atoms with Gasteiger partial charge < -0.3 is 9.13 Å². The Morgan fingerprint density at radius 1 is 0.314 bits per heavy atom. The van der Waals surface area contributed by atoms with Crippen LogP contribution in [0.1, 0.15) is 0 Å². The molecule has 0 fully saturated rings. The van der Waals surface area contributed by atoms with Crippen LogP contribution in [0.3, 0.4) is 0 Å². The molecule has 0 aliphatic heterocycles. The molecule has 0 saturated carbocycles. The average molecular weight is 667 g/mol. The van der Waals surface area contributed by atoms with Crippen LogP contribution in [0.2, 0.25) is 0 Å². The summed E-state index contributed by atoms with van der Waals surface area (Å²) in [5.74, 6) is 0. The fourth-order valence-electron chi connectivity index (χ4n) is 8.22. The van der Waals surface area contributed by atoms with Crippen molar-refractivity contribution in [2.24, 2.45) is 0 Å². The zero-order valence-electron chi connectivity index (χ0n) is 27.6. The molecular formula is C48H30N2S. The molecule has 0 aliphatic rings. The molecule has 0 radical (unpaired) electrons. The maximum atomic E-state index is 2.45. The molecule has 3 heterocycles. The van der Waals surface area contributed by atoms with Gasteiger partial charge in [0, 0.05) is 53.1 Å². The minimum atomic E-state index is 1.16. The standard InChI is InChI=1S/C48H30N2S/c1-2-13-34(14-3-1)49-44-22-8-5-17-38(44)42-29-31(25-27-45(42)49)32-24-26-39-37-16-4-7-21-43(37)50(46(39)30-32)35-15-10-12-33(28-35)36-19-11-20-41-40-18-6-9-23-47(40)51-48(36)41/h1-30H. The first-order chi connectivity index (χ1) is 25.3. The minimum absolute atomic E-state index is 1.16. The Morgan fingerprint density at radius 3 is 1.75 bits per heavy atom. The average Bonchev–Trinajstić information content (AvgIpc) is 3.85. The van der Waals surface area contributed by atoms with Crippen molar-refractivity contribution in [2.75, 3.05) is 0 Å². The van der Waals surface area contributed by atoms with E-state index in [-0.39, 0.29) is 0 Å².